The van der Waals surface area contributed by atoms with E-state index in [4.69, 9.17) is 7.10 Å². The Bertz CT molecular complexity index is 977. The van der Waals surface area contributed by atoms with Crippen LogP contribution in [0.15, 0.2) is 42.5 Å². The van der Waals surface area contributed by atoms with Gasteiger partial charge in [0.15, 0.2) is 0 Å². The Morgan fingerprint density at radius 1 is 1.32 bits per heavy atom. The van der Waals surface area contributed by atoms with Crippen molar-refractivity contribution < 1.29 is 10.6 Å². The molecule has 6 heteroatoms. The fourth-order valence-corrected chi connectivity index (χ4v) is 3.28. The van der Waals surface area contributed by atoms with Gasteiger partial charge in [-0.3, -0.25) is 4.79 Å². The molecule has 1 aliphatic heterocycles. The van der Waals surface area contributed by atoms with E-state index in [2.05, 4.69) is 10.4 Å². The summed E-state index contributed by atoms with van der Waals surface area (Å²) in [5.41, 5.74) is 7.22. The van der Waals surface area contributed by atoms with Crippen molar-refractivity contribution >= 4 is 16.8 Å². The molecule has 0 saturated carbocycles. The molecule has 0 bridgehead atoms. The normalized spacial score (nSPS) is 21.2. The summed E-state index contributed by atoms with van der Waals surface area (Å²) in [4.78, 5) is 11.6. The molecule has 1 unspecified atom stereocenters. The minimum Gasteiger partial charge on any atom is -0.366 e. The van der Waals surface area contributed by atoms with E-state index in [1.54, 1.807) is 24.3 Å². The molecular formula is C19H19FN4O. The van der Waals surface area contributed by atoms with E-state index in [1.807, 2.05) is 12.1 Å². The number of carbonyl (C=O) groups is 1. The maximum absolute atomic E-state index is 14.8. The number of hydrogen-bond donors (Lipinski definition) is 2. The minimum absolute atomic E-state index is 0.190. The highest BCUT2D eigenvalue weighted by Gasteiger charge is 2.18. The number of aromatic nitrogens is 2. The van der Waals surface area contributed by atoms with Gasteiger partial charge < -0.3 is 11.1 Å². The molecule has 1 saturated heterocycles. The van der Waals surface area contributed by atoms with E-state index in [-0.39, 0.29) is 16.5 Å². The predicted octanol–water partition coefficient (Wildman–Crippen LogP) is 2.73. The first kappa shape index (κ1) is 14.6. The Balaban J connectivity index is 1.75. The lowest BCUT2D eigenvalue weighted by atomic mass is 9.92. The highest BCUT2D eigenvalue weighted by Crippen LogP contribution is 2.26. The van der Waals surface area contributed by atoms with Crippen LogP contribution in [0.3, 0.4) is 0 Å². The second-order valence-corrected chi connectivity index (χ2v) is 6.20. The SMILES string of the molecule is [2H]C1(c2ccc(-n3nc4c(C(N)=O)cccc4c3F)cc2)CCCNC1. The van der Waals surface area contributed by atoms with Crippen LogP contribution in [0, 0.1) is 5.95 Å². The van der Waals surface area contributed by atoms with Gasteiger partial charge in [0.1, 0.15) is 5.52 Å². The van der Waals surface area contributed by atoms with Crippen LogP contribution in [0.2, 0.25) is 0 Å². The number of amides is 1. The molecule has 1 aliphatic rings. The summed E-state index contributed by atoms with van der Waals surface area (Å²) in [6.07, 6.45) is 1.75. The fraction of sp³-hybridized carbons (Fsp3) is 0.263. The molecule has 5 nitrogen and oxygen atoms in total. The zero-order valence-electron chi connectivity index (χ0n) is 14.6. The molecule has 128 valence electrons. The molecule has 3 aromatic rings. The van der Waals surface area contributed by atoms with Gasteiger partial charge in [-0.1, -0.05) is 18.2 Å². The summed E-state index contributed by atoms with van der Waals surface area (Å²) >= 11 is 0. The van der Waals surface area contributed by atoms with Crippen molar-refractivity contribution in [1.29, 1.82) is 0 Å². The first-order chi connectivity index (χ1) is 12.5. The second kappa shape index (κ2) is 6.29. The molecule has 2 aromatic carbocycles. The van der Waals surface area contributed by atoms with E-state index in [1.165, 1.54) is 6.07 Å². The third kappa shape index (κ3) is 2.78. The molecule has 2 heterocycles. The van der Waals surface area contributed by atoms with E-state index < -0.39 is 17.7 Å². The van der Waals surface area contributed by atoms with Gasteiger partial charge in [0, 0.05) is 7.92 Å². The van der Waals surface area contributed by atoms with Crippen molar-refractivity contribution in [3.8, 4) is 5.69 Å². The van der Waals surface area contributed by atoms with E-state index in [0.29, 0.717) is 12.2 Å². The third-order valence-electron chi connectivity index (χ3n) is 4.60. The Hall–Kier alpha value is -2.73. The average Bonchev–Trinajstić information content (AvgIpc) is 2.99. The second-order valence-electron chi connectivity index (χ2n) is 6.20. The summed E-state index contributed by atoms with van der Waals surface area (Å²) in [6.45, 7) is 1.54. The zero-order valence-corrected chi connectivity index (χ0v) is 13.6. The number of halogens is 1. The minimum atomic E-state index is -0.663. The molecule has 0 spiro atoms. The Morgan fingerprint density at radius 3 is 2.80 bits per heavy atom. The number of rotatable bonds is 3. The fourth-order valence-electron chi connectivity index (χ4n) is 3.28. The highest BCUT2D eigenvalue weighted by molar-refractivity contribution is 6.04. The number of nitrogens with zero attached hydrogens (tertiary/aromatic N) is 2. The number of carbonyl (C=O) groups excluding carboxylic acids is 1. The molecule has 0 aliphatic carbocycles. The van der Waals surface area contributed by atoms with Crippen molar-refractivity contribution in [2.75, 3.05) is 13.1 Å². The third-order valence-corrected chi connectivity index (χ3v) is 4.60. The summed E-state index contributed by atoms with van der Waals surface area (Å²) in [5, 5.41) is 7.75. The van der Waals surface area contributed by atoms with Gasteiger partial charge in [-0.05, 0) is 55.1 Å². The van der Waals surface area contributed by atoms with Crippen LogP contribution in [-0.2, 0) is 0 Å². The molecule has 1 fully saturated rings. The Kier molecular flexibility index (Phi) is 3.67. The lowest BCUT2D eigenvalue weighted by Gasteiger charge is -2.23. The molecular weight excluding hydrogens is 319 g/mol. The largest absolute Gasteiger partial charge is 0.366 e. The van der Waals surface area contributed by atoms with Crippen LogP contribution in [0.4, 0.5) is 4.39 Å². The van der Waals surface area contributed by atoms with Crippen molar-refractivity contribution in [1.82, 2.24) is 15.1 Å². The number of nitrogens with two attached hydrogens (primary N) is 1. The maximum Gasteiger partial charge on any atom is 0.250 e. The molecule has 0 radical (unpaired) electrons. The van der Waals surface area contributed by atoms with Crippen LogP contribution in [0.25, 0.3) is 16.6 Å². The summed E-state index contributed by atoms with van der Waals surface area (Å²) in [5.74, 6) is -1.85. The van der Waals surface area contributed by atoms with Gasteiger partial charge in [-0.15, -0.1) is 0 Å². The molecule has 3 N–H and O–H groups in total. The van der Waals surface area contributed by atoms with Gasteiger partial charge in [0.25, 0.3) is 5.91 Å². The van der Waals surface area contributed by atoms with Crippen molar-refractivity contribution in [3.05, 3.63) is 59.5 Å². The molecule has 1 amide bonds. The zero-order chi connectivity index (χ0) is 18.3. The summed E-state index contributed by atoms with van der Waals surface area (Å²) in [7, 11) is 0. The Labute approximate surface area is 146 Å². The number of primary amides is 1. The van der Waals surface area contributed by atoms with Crippen molar-refractivity contribution in [2.45, 2.75) is 18.7 Å². The van der Waals surface area contributed by atoms with Gasteiger partial charge >= 0.3 is 0 Å². The van der Waals surface area contributed by atoms with Crippen LogP contribution >= 0.6 is 0 Å². The lowest BCUT2D eigenvalue weighted by Crippen LogP contribution is -2.28. The molecule has 1 aromatic heterocycles. The summed E-state index contributed by atoms with van der Waals surface area (Å²) < 4.78 is 24.6. The van der Waals surface area contributed by atoms with Crippen LogP contribution in [-0.4, -0.2) is 28.8 Å². The quantitative estimate of drug-likeness (QED) is 0.771. The van der Waals surface area contributed by atoms with Crippen molar-refractivity contribution in [2.24, 2.45) is 5.73 Å². The summed E-state index contributed by atoms with van der Waals surface area (Å²) in [6, 6.07) is 11.9. The predicted molar refractivity (Wildman–Crippen MR) is 94.4 cm³/mol. The molecule has 1 atom stereocenters. The first-order valence-corrected chi connectivity index (χ1v) is 8.28. The van der Waals surface area contributed by atoms with Gasteiger partial charge in [0.2, 0.25) is 5.95 Å². The van der Waals surface area contributed by atoms with Crippen LogP contribution in [0.1, 0.15) is 36.0 Å². The molecule has 25 heavy (non-hydrogen) atoms. The monoisotopic (exact) mass is 339 g/mol. The van der Waals surface area contributed by atoms with Crippen molar-refractivity contribution in [3.63, 3.8) is 0 Å². The van der Waals surface area contributed by atoms with E-state index in [0.717, 1.165) is 29.6 Å². The van der Waals surface area contributed by atoms with E-state index in [9.17, 15) is 9.18 Å². The highest BCUT2D eigenvalue weighted by atomic mass is 19.1. The van der Waals surface area contributed by atoms with E-state index >= 15 is 0 Å². The standard InChI is InChI=1S/C19H19FN4O/c20-18-15-4-1-5-16(19(21)25)17(15)23-24(18)14-8-6-12(7-9-14)13-3-2-10-22-11-13/h1,4-9,13,22H,2-3,10-11H2,(H2,21,25)/i13D. The van der Waals surface area contributed by atoms with Crippen LogP contribution in [0.5, 0.6) is 0 Å². The molecule has 4 rings (SSSR count). The van der Waals surface area contributed by atoms with Gasteiger partial charge in [-0.25, -0.2) is 4.68 Å². The first-order valence-electron chi connectivity index (χ1n) is 8.78. The number of benzene rings is 2. The van der Waals surface area contributed by atoms with Gasteiger partial charge in [0.05, 0.1) is 16.6 Å². The maximum atomic E-state index is 14.8. The lowest BCUT2D eigenvalue weighted by molar-refractivity contribution is 0.100. The van der Waals surface area contributed by atoms with Crippen LogP contribution < -0.4 is 11.1 Å². The Morgan fingerprint density at radius 2 is 2.12 bits per heavy atom. The average molecular weight is 339 g/mol. The topological polar surface area (TPSA) is 72.9 Å². The smallest absolute Gasteiger partial charge is 0.250 e. The number of fused-ring (bicyclic) bond motifs is 1. The number of piperidine rings is 1. The number of nitrogens with one attached hydrogen (secondary N) is 1. The number of hydrogen-bond acceptors (Lipinski definition) is 3. The van der Waals surface area contributed by atoms with Gasteiger partial charge in [-0.2, -0.15) is 9.49 Å².